The number of hydrogen-bond donors (Lipinski definition) is 3. The first kappa shape index (κ1) is 20.1. The van der Waals surface area contributed by atoms with Crippen LogP contribution in [0.1, 0.15) is 34.9 Å². The van der Waals surface area contributed by atoms with Gasteiger partial charge in [0.15, 0.2) is 0 Å². The molecule has 0 radical (unpaired) electrons. The number of aromatic amines is 1. The zero-order valence-electron chi connectivity index (χ0n) is 18.8. The van der Waals surface area contributed by atoms with Crippen molar-refractivity contribution in [3.8, 4) is 5.75 Å². The van der Waals surface area contributed by atoms with Crippen molar-refractivity contribution in [2.24, 2.45) is 0 Å². The zero-order valence-corrected chi connectivity index (χ0v) is 18.8. The number of aliphatic hydroxyl groups is 1. The van der Waals surface area contributed by atoms with Gasteiger partial charge in [-0.3, -0.25) is 4.98 Å². The highest BCUT2D eigenvalue weighted by molar-refractivity contribution is 5.86. The molecule has 0 unspecified atom stereocenters. The Labute approximate surface area is 193 Å². The maximum atomic E-state index is 10.1. The average Bonchev–Trinajstić information content (AvgIpc) is 3.43. The Morgan fingerprint density at radius 1 is 1.24 bits per heavy atom. The van der Waals surface area contributed by atoms with Crippen LogP contribution in [0, 0.1) is 6.92 Å². The molecule has 0 saturated carbocycles. The molecular formula is C27H28N4O2. The van der Waals surface area contributed by atoms with Crippen LogP contribution in [0.15, 0.2) is 54.9 Å². The maximum absolute atomic E-state index is 10.1. The van der Waals surface area contributed by atoms with Gasteiger partial charge in [-0.25, -0.2) is 0 Å². The molecule has 0 amide bonds. The molecule has 3 N–H and O–H groups in total. The summed E-state index contributed by atoms with van der Waals surface area (Å²) < 4.78 is 6.02. The molecular weight excluding hydrogens is 412 g/mol. The standard InChI is InChI=1S/C27H28N4O2/c1-17-3-2-4-20-18(16-29-26(17)20)10-12-31-13-14-33-25-15-19(5-7-23(25)31)30-22-9-11-28-27-21(22)6-8-24(27)32/h2-5,7,9,11,15-16,24,29,32H,6,8,10,12-14H2,1H3,(H,28,30)/t24-/m0/s1. The second-order valence-corrected chi connectivity index (χ2v) is 8.98. The number of aliphatic hydroxyl groups excluding tert-OH is 1. The highest BCUT2D eigenvalue weighted by Crippen LogP contribution is 2.38. The van der Waals surface area contributed by atoms with E-state index in [1.54, 1.807) is 6.20 Å². The third-order valence-corrected chi connectivity index (χ3v) is 6.93. The lowest BCUT2D eigenvalue weighted by Crippen LogP contribution is -2.34. The lowest BCUT2D eigenvalue weighted by atomic mass is 10.1. The van der Waals surface area contributed by atoms with Crippen LogP contribution in [-0.4, -0.2) is 34.8 Å². The van der Waals surface area contributed by atoms with E-state index in [1.165, 1.54) is 22.0 Å². The van der Waals surface area contributed by atoms with Gasteiger partial charge in [0.25, 0.3) is 0 Å². The van der Waals surface area contributed by atoms with Crippen LogP contribution in [0.4, 0.5) is 17.1 Å². The molecule has 2 aliphatic rings. The molecule has 2 aromatic carbocycles. The van der Waals surface area contributed by atoms with Crippen molar-refractivity contribution in [2.45, 2.75) is 32.3 Å². The summed E-state index contributed by atoms with van der Waals surface area (Å²) in [5.41, 5.74) is 8.92. The van der Waals surface area contributed by atoms with Crippen molar-refractivity contribution < 1.29 is 9.84 Å². The summed E-state index contributed by atoms with van der Waals surface area (Å²) in [5, 5.41) is 15.0. The molecule has 2 aromatic heterocycles. The minimum Gasteiger partial charge on any atom is -0.489 e. The predicted octanol–water partition coefficient (Wildman–Crippen LogP) is 5.04. The molecule has 0 saturated heterocycles. The largest absolute Gasteiger partial charge is 0.489 e. The summed E-state index contributed by atoms with van der Waals surface area (Å²) >= 11 is 0. The molecule has 0 bridgehead atoms. The van der Waals surface area contributed by atoms with Gasteiger partial charge in [-0.05, 0) is 61.1 Å². The lowest BCUT2D eigenvalue weighted by Gasteiger charge is -2.31. The molecule has 0 spiro atoms. The van der Waals surface area contributed by atoms with Crippen LogP contribution < -0.4 is 15.0 Å². The Bertz CT molecular complexity index is 1330. The number of hydrogen-bond acceptors (Lipinski definition) is 5. The third kappa shape index (κ3) is 3.60. The van der Waals surface area contributed by atoms with Crippen LogP contribution in [0.25, 0.3) is 10.9 Å². The van der Waals surface area contributed by atoms with Crippen molar-refractivity contribution in [2.75, 3.05) is 29.9 Å². The van der Waals surface area contributed by atoms with Gasteiger partial charge in [-0.2, -0.15) is 0 Å². The lowest BCUT2D eigenvalue weighted by molar-refractivity contribution is 0.176. The van der Waals surface area contributed by atoms with E-state index in [1.807, 2.05) is 6.07 Å². The van der Waals surface area contributed by atoms with Gasteiger partial charge >= 0.3 is 0 Å². The van der Waals surface area contributed by atoms with Crippen molar-refractivity contribution in [3.63, 3.8) is 0 Å². The van der Waals surface area contributed by atoms with E-state index in [2.05, 4.69) is 69.7 Å². The average molecular weight is 441 g/mol. The quantitative estimate of drug-likeness (QED) is 0.406. The molecule has 6 heteroatoms. The van der Waals surface area contributed by atoms with E-state index in [-0.39, 0.29) is 0 Å². The molecule has 0 fully saturated rings. The number of nitrogens with zero attached hydrogens (tertiary/aromatic N) is 2. The van der Waals surface area contributed by atoms with Crippen molar-refractivity contribution in [1.82, 2.24) is 9.97 Å². The number of fused-ring (bicyclic) bond motifs is 3. The zero-order chi connectivity index (χ0) is 22.4. The summed E-state index contributed by atoms with van der Waals surface area (Å²) in [4.78, 5) is 10.2. The fourth-order valence-electron chi connectivity index (χ4n) is 5.16. The molecule has 1 aliphatic heterocycles. The normalized spacial score (nSPS) is 17.0. The third-order valence-electron chi connectivity index (χ3n) is 6.93. The monoisotopic (exact) mass is 440 g/mol. The van der Waals surface area contributed by atoms with Gasteiger partial charge in [0, 0.05) is 47.3 Å². The van der Waals surface area contributed by atoms with E-state index in [0.29, 0.717) is 6.61 Å². The second kappa shape index (κ2) is 8.12. The number of aryl methyl sites for hydroxylation is 1. The number of nitrogens with one attached hydrogen (secondary N) is 2. The Morgan fingerprint density at radius 3 is 3.12 bits per heavy atom. The molecule has 4 aromatic rings. The topological polar surface area (TPSA) is 73.4 Å². The minimum atomic E-state index is -0.455. The highest BCUT2D eigenvalue weighted by Gasteiger charge is 2.25. The predicted molar refractivity (Wildman–Crippen MR) is 132 cm³/mol. The van der Waals surface area contributed by atoms with Crippen molar-refractivity contribution >= 4 is 28.0 Å². The van der Waals surface area contributed by atoms with Crippen molar-refractivity contribution in [3.05, 3.63) is 77.2 Å². The van der Waals surface area contributed by atoms with Gasteiger partial charge < -0.3 is 25.0 Å². The summed E-state index contributed by atoms with van der Waals surface area (Å²) in [7, 11) is 0. The van der Waals surface area contributed by atoms with Crippen LogP contribution in [0.5, 0.6) is 5.75 Å². The SMILES string of the molecule is Cc1cccc2c(CCN3CCOc4cc(Nc5ccnc6c5CC[C@@H]6O)ccc43)c[nH]c12. The van der Waals surface area contributed by atoms with Gasteiger partial charge in [0.05, 0.1) is 24.0 Å². The van der Waals surface area contributed by atoms with E-state index in [0.717, 1.165) is 66.4 Å². The fourth-order valence-corrected chi connectivity index (χ4v) is 5.16. The highest BCUT2D eigenvalue weighted by atomic mass is 16.5. The van der Waals surface area contributed by atoms with Gasteiger partial charge in [0.2, 0.25) is 0 Å². The Balaban J connectivity index is 1.20. The van der Waals surface area contributed by atoms with Crippen LogP contribution in [0.3, 0.4) is 0 Å². The van der Waals surface area contributed by atoms with Crippen LogP contribution in [-0.2, 0) is 12.8 Å². The Kier molecular flexibility index (Phi) is 4.95. The maximum Gasteiger partial charge on any atom is 0.144 e. The molecule has 168 valence electrons. The second-order valence-electron chi connectivity index (χ2n) is 8.98. The van der Waals surface area contributed by atoms with E-state index in [9.17, 15) is 5.11 Å². The molecule has 3 heterocycles. The fraction of sp³-hybridized carbons (Fsp3) is 0.296. The summed E-state index contributed by atoms with van der Waals surface area (Å²) in [5.74, 6) is 0.909. The summed E-state index contributed by atoms with van der Waals surface area (Å²) in [6.07, 6.45) is 6.01. The molecule has 33 heavy (non-hydrogen) atoms. The number of benzene rings is 2. The Hall–Kier alpha value is -3.51. The van der Waals surface area contributed by atoms with Crippen molar-refractivity contribution in [1.29, 1.82) is 0 Å². The molecule has 1 aliphatic carbocycles. The van der Waals surface area contributed by atoms with Gasteiger partial charge in [-0.1, -0.05) is 18.2 Å². The number of pyridine rings is 1. The number of ether oxygens (including phenoxy) is 1. The molecule has 6 rings (SSSR count). The summed E-state index contributed by atoms with van der Waals surface area (Å²) in [6.45, 7) is 4.66. The van der Waals surface area contributed by atoms with E-state index in [4.69, 9.17) is 4.74 Å². The first-order valence-electron chi connectivity index (χ1n) is 11.7. The smallest absolute Gasteiger partial charge is 0.144 e. The molecule has 1 atom stereocenters. The number of para-hydroxylation sites is 1. The summed E-state index contributed by atoms with van der Waals surface area (Å²) in [6, 6.07) is 14.8. The minimum absolute atomic E-state index is 0.455. The number of aromatic nitrogens is 2. The Morgan fingerprint density at radius 2 is 2.18 bits per heavy atom. The number of H-pyrrole nitrogens is 1. The van der Waals surface area contributed by atoms with Gasteiger partial charge in [-0.15, -0.1) is 0 Å². The van der Waals surface area contributed by atoms with Crippen LogP contribution >= 0.6 is 0 Å². The molecule has 6 nitrogen and oxygen atoms in total. The first-order valence-corrected chi connectivity index (χ1v) is 11.7. The first-order chi connectivity index (χ1) is 16.2. The van der Waals surface area contributed by atoms with Gasteiger partial charge in [0.1, 0.15) is 12.4 Å². The van der Waals surface area contributed by atoms with E-state index < -0.39 is 6.10 Å². The number of anilines is 3. The van der Waals surface area contributed by atoms with Crippen LogP contribution in [0.2, 0.25) is 0 Å². The van der Waals surface area contributed by atoms with E-state index >= 15 is 0 Å². The number of rotatable bonds is 5.